The second-order valence-corrected chi connectivity index (χ2v) is 8.25. The Bertz CT molecular complexity index is 799. The first-order valence-corrected chi connectivity index (χ1v) is 9.93. The van der Waals surface area contributed by atoms with Gasteiger partial charge in [-0.1, -0.05) is 6.07 Å². The Morgan fingerprint density at radius 2 is 1.85 bits per heavy atom. The molecule has 27 heavy (non-hydrogen) atoms. The van der Waals surface area contributed by atoms with Crippen molar-refractivity contribution < 1.29 is 4.79 Å². The summed E-state index contributed by atoms with van der Waals surface area (Å²) in [4.78, 5) is 18.9. The summed E-state index contributed by atoms with van der Waals surface area (Å²) in [5.41, 5.74) is 12.1. The van der Waals surface area contributed by atoms with Gasteiger partial charge in [-0.15, -0.1) is 0 Å². The molecule has 1 aromatic carbocycles. The predicted molar refractivity (Wildman–Crippen MR) is 110 cm³/mol. The fourth-order valence-corrected chi connectivity index (χ4v) is 3.78. The van der Waals surface area contributed by atoms with E-state index >= 15 is 0 Å². The summed E-state index contributed by atoms with van der Waals surface area (Å²) < 4.78 is 0. The molecular formula is C23H31N3O. The molecule has 1 amide bonds. The molecular weight excluding hydrogens is 334 g/mol. The molecule has 0 radical (unpaired) electrons. The van der Waals surface area contributed by atoms with Crippen molar-refractivity contribution in [2.24, 2.45) is 5.73 Å². The Hall–Kier alpha value is -2.20. The number of nitrogens with zero attached hydrogens (tertiary/aromatic N) is 2. The first-order valence-electron chi connectivity index (χ1n) is 9.93. The van der Waals surface area contributed by atoms with Crippen LogP contribution in [-0.2, 0) is 12.8 Å². The van der Waals surface area contributed by atoms with E-state index in [0.29, 0.717) is 0 Å². The molecule has 0 spiro atoms. The standard InChI is InChI=1S/C23H31N3O/c1-17-15-20-8-13-26(22(27)21(20)16-18(17)2)14-10-23(3,24)9-4-5-19-6-11-25-12-7-19/h6-7,11-12,15-16H,4-5,8-10,13-14,24H2,1-3H3. The average Bonchev–Trinajstić information content (AvgIpc) is 2.64. The number of benzene rings is 1. The third kappa shape index (κ3) is 4.95. The minimum absolute atomic E-state index is 0.159. The van der Waals surface area contributed by atoms with E-state index in [2.05, 4.69) is 50.0 Å². The van der Waals surface area contributed by atoms with Crippen LogP contribution >= 0.6 is 0 Å². The van der Waals surface area contributed by atoms with E-state index in [1.54, 1.807) is 0 Å². The van der Waals surface area contributed by atoms with E-state index in [1.165, 1.54) is 22.3 Å². The van der Waals surface area contributed by atoms with Gasteiger partial charge in [0.25, 0.3) is 5.91 Å². The fraction of sp³-hybridized carbons (Fsp3) is 0.478. The Morgan fingerprint density at radius 1 is 1.15 bits per heavy atom. The molecule has 2 heterocycles. The smallest absolute Gasteiger partial charge is 0.254 e. The monoisotopic (exact) mass is 365 g/mol. The maximum absolute atomic E-state index is 12.9. The van der Waals surface area contributed by atoms with Gasteiger partial charge in [-0.3, -0.25) is 9.78 Å². The SMILES string of the molecule is Cc1cc2c(cc1C)C(=O)N(CCC(C)(N)CCCc1ccncc1)CC2. The number of aryl methyl sites for hydroxylation is 3. The molecule has 1 atom stereocenters. The van der Waals surface area contributed by atoms with Crippen LogP contribution in [0.1, 0.15) is 58.8 Å². The molecule has 4 nitrogen and oxygen atoms in total. The van der Waals surface area contributed by atoms with Crippen LogP contribution in [0.4, 0.5) is 0 Å². The first-order chi connectivity index (χ1) is 12.9. The number of hydrogen-bond acceptors (Lipinski definition) is 3. The molecule has 0 saturated carbocycles. The van der Waals surface area contributed by atoms with Crippen molar-refractivity contribution in [2.45, 2.75) is 58.4 Å². The van der Waals surface area contributed by atoms with Crippen molar-refractivity contribution in [1.82, 2.24) is 9.88 Å². The predicted octanol–water partition coefficient (Wildman–Crippen LogP) is 3.83. The zero-order valence-corrected chi connectivity index (χ0v) is 16.8. The van der Waals surface area contributed by atoms with Crippen LogP contribution in [0.15, 0.2) is 36.7 Å². The maximum Gasteiger partial charge on any atom is 0.254 e. The zero-order valence-electron chi connectivity index (χ0n) is 16.8. The van der Waals surface area contributed by atoms with Crippen molar-refractivity contribution in [2.75, 3.05) is 13.1 Å². The van der Waals surface area contributed by atoms with Crippen LogP contribution in [0.25, 0.3) is 0 Å². The summed E-state index contributed by atoms with van der Waals surface area (Å²) in [6.07, 6.45) is 8.45. The van der Waals surface area contributed by atoms with E-state index in [0.717, 1.165) is 50.8 Å². The molecule has 2 N–H and O–H groups in total. The van der Waals surface area contributed by atoms with Crippen molar-refractivity contribution in [1.29, 1.82) is 0 Å². The molecule has 2 aromatic rings. The normalized spacial score (nSPS) is 16.1. The number of hydrogen-bond donors (Lipinski definition) is 1. The molecule has 0 fully saturated rings. The summed E-state index contributed by atoms with van der Waals surface area (Å²) >= 11 is 0. The second kappa shape index (κ2) is 8.22. The Kier molecular flexibility index (Phi) is 5.95. The van der Waals surface area contributed by atoms with Crippen molar-refractivity contribution in [3.63, 3.8) is 0 Å². The van der Waals surface area contributed by atoms with Gasteiger partial charge in [-0.2, -0.15) is 0 Å². The highest BCUT2D eigenvalue weighted by molar-refractivity contribution is 5.97. The highest BCUT2D eigenvalue weighted by Crippen LogP contribution is 2.24. The molecule has 0 aliphatic carbocycles. The summed E-state index contributed by atoms with van der Waals surface area (Å²) in [5.74, 6) is 0.159. The average molecular weight is 366 g/mol. The first kappa shape index (κ1) is 19.6. The third-order valence-corrected chi connectivity index (χ3v) is 5.80. The molecule has 0 saturated heterocycles. The topological polar surface area (TPSA) is 59.2 Å². The summed E-state index contributed by atoms with van der Waals surface area (Å²) in [6.45, 7) is 7.81. The van der Waals surface area contributed by atoms with Crippen LogP contribution in [0.5, 0.6) is 0 Å². The number of pyridine rings is 1. The minimum atomic E-state index is -0.253. The van der Waals surface area contributed by atoms with Crippen molar-refractivity contribution in [3.05, 3.63) is 64.5 Å². The largest absolute Gasteiger partial charge is 0.338 e. The molecule has 1 aliphatic heterocycles. The molecule has 3 rings (SSSR count). The number of nitrogens with two attached hydrogens (primary N) is 1. The van der Waals surface area contributed by atoms with Crippen LogP contribution in [0.2, 0.25) is 0 Å². The van der Waals surface area contributed by atoms with Gasteiger partial charge in [-0.25, -0.2) is 0 Å². The molecule has 0 bridgehead atoms. The van der Waals surface area contributed by atoms with E-state index in [-0.39, 0.29) is 11.4 Å². The van der Waals surface area contributed by atoms with Crippen molar-refractivity contribution >= 4 is 5.91 Å². The molecule has 1 unspecified atom stereocenters. The highest BCUT2D eigenvalue weighted by atomic mass is 16.2. The van der Waals surface area contributed by atoms with Gasteiger partial charge in [0, 0.05) is 36.6 Å². The van der Waals surface area contributed by atoms with Crippen LogP contribution < -0.4 is 5.73 Å². The molecule has 1 aromatic heterocycles. The summed E-state index contributed by atoms with van der Waals surface area (Å²) in [5, 5.41) is 0. The van der Waals surface area contributed by atoms with Gasteiger partial charge >= 0.3 is 0 Å². The third-order valence-electron chi connectivity index (χ3n) is 5.80. The van der Waals surface area contributed by atoms with Crippen LogP contribution in [0, 0.1) is 13.8 Å². The number of aromatic nitrogens is 1. The van der Waals surface area contributed by atoms with E-state index in [9.17, 15) is 4.79 Å². The Morgan fingerprint density at radius 3 is 2.59 bits per heavy atom. The van der Waals surface area contributed by atoms with Gasteiger partial charge in [0.05, 0.1) is 0 Å². The lowest BCUT2D eigenvalue weighted by Crippen LogP contribution is -2.44. The van der Waals surface area contributed by atoms with E-state index in [1.807, 2.05) is 17.3 Å². The van der Waals surface area contributed by atoms with Crippen molar-refractivity contribution in [3.8, 4) is 0 Å². The lowest BCUT2D eigenvalue weighted by atomic mass is 9.90. The highest BCUT2D eigenvalue weighted by Gasteiger charge is 2.27. The number of carbonyl (C=O) groups is 1. The number of rotatable bonds is 7. The zero-order chi connectivity index (χ0) is 19.4. The summed E-state index contributed by atoms with van der Waals surface area (Å²) in [6, 6.07) is 8.34. The maximum atomic E-state index is 12.9. The van der Waals surface area contributed by atoms with Gasteiger partial charge in [0.1, 0.15) is 0 Å². The number of fused-ring (bicyclic) bond motifs is 1. The van der Waals surface area contributed by atoms with Gasteiger partial charge < -0.3 is 10.6 Å². The number of amides is 1. The molecule has 144 valence electrons. The molecule has 1 aliphatic rings. The van der Waals surface area contributed by atoms with Gasteiger partial charge in [0.15, 0.2) is 0 Å². The Labute approximate surface area is 162 Å². The lowest BCUT2D eigenvalue weighted by Gasteiger charge is -2.33. The minimum Gasteiger partial charge on any atom is -0.338 e. The van der Waals surface area contributed by atoms with E-state index in [4.69, 9.17) is 5.73 Å². The lowest BCUT2D eigenvalue weighted by molar-refractivity contribution is 0.0726. The van der Waals surface area contributed by atoms with Gasteiger partial charge in [0.2, 0.25) is 0 Å². The molecule has 4 heteroatoms. The second-order valence-electron chi connectivity index (χ2n) is 8.25. The van der Waals surface area contributed by atoms with Crippen LogP contribution in [0.3, 0.4) is 0 Å². The Balaban J connectivity index is 1.53. The van der Waals surface area contributed by atoms with E-state index < -0.39 is 0 Å². The fourth-order valence-electron chi connectivity index (χ4n) is 3.78. The quantitative estimate of drug-likeness (QED) is 0.811. The summed E-state index contributed by atoms with van der Waals surface area (Å²) in [7, 11) is 0. The van der Waals surface area contributed by atoms with Gasteiger partial charge in [-0.05, 0) is 93.3 Å². The van der Waals surface area contributed by atoms with Crippen LogP contribution in [-0.4, -0.2) is 34.4 Å². The number of carbonyl (C=O) groups excluding carboxylic acids is 1.